The van der Waals surface area contributed by atoms with E-state index in [0.717, 1.165) is 11.3 Å². The summed E-state index contributed by atoms with van der Waals surface area (Å²) in [5.41, 5.74) is 1.15. The van der Waals surface area contributed by atoms with E-state index in [1.54, 1.807) is 36.6 Å². The van der Waals surface area contributed by atoms with Crippen molar-refractivity contribution >= 4 is 33.0 Å². The zero-order valence-electron chi connectivity index (χ0n) is 17.1. The second-order valence-corrected chi connectivity index (χ2v) is 10.3. The van der Waals surface area contributed by atoms with E-state index in [2.05, 4.69) is 15.5 Å². The lowest BCUT2D eigenvalue weighted by Crippen LogP contribution is -2.43. The molecule has 9 nitrogen and oxygen atoms in total. The Kier molecular flexibility index (Phi) is 6.08. The van der Waals surface area contributed by atoms with Crippen molar-refractivity contribution in [1.82, 2.24) is 14.4 Å². The quantitative estimate of drug-likeness (QED) is 0.598. The number of aryl methyl sites for hydroxylation is 1. The molecule has 4 rings (SSSR count). The number of thiophene rings is 1. The average molecular weight is 463 g/mol. The molecular weight excluding hydrogens is 440 g/mol. The highest BCUT2D eigenvalue weighted by Crippen LogP contribution is 2.32. The third-order valence-electron chi connectivity index (χ3n) is 5.08. The van der Waals surface area contributed by atoms with Crippen LogP contribution in [0, 0.1) is 12.8 Å². The first-order valence-electron chi connectivity index (χ1n) is 9.71. The number of hydrogen-bond acceptors (Lipinski definition) is 8. The van der Waals surface area contributed by atoms with Gasteiger partial charge in [0.15, 0.2) is 0 Å². The summed E-state index contributed by atoms with van der Waals surface area (Å²) in [6.07, 6.45) is 1.22. The fourth-order valence-electron chi connectivity index (χ4n) is 3.47. The van der Waals surface area contributed by atoms with E-state index in [9.17, 15) is 13.2 Å². The first-order chi connectivity index (χ1) is 14.9. The van der Waals surface area contributed by atoms with Crippen LogP contribution in [0.5, 0.6) is 5.75 Å². The molecule has 1 aromatic carbocycles. The van der Waals surface area contributed by atoms with E-state index in [1.165, 1.54) is 11.4 Å². The number of methoxy groups -OCH3 is 1. The highest BCUT2D eigenvalue weighted by molar-refractivity contribution is 7.91. The van der Waals surface area contributed by atoms with Gasteiger partial charge in [-0.25, -0.2) is 8.42 Å². The van der Waals surface area contributed by atoms with Crippen LogP contribution in [-0.2, 0) is 14.8 Å². The van der Waals surface area contributed by atoms with Gasteiger partial charge in [-0.1, -0.05) is 17.3 Å². The largest absolute Gasteiger partial charge is 0.495 e. The lowest BCUT2D eigenvalue weighted by atomic mass is 9.98. The van der Waals surface area contributed by atoms with E-state index in [1.807, 2.05) is 6.07 Å². The number of nitrogens with one attached hydrogen (secondary N) is 1. The number of amides is 1. The zero-order chi connectivity index (χ0) is 22.0. The fraction of sp³-hybridized carbons (Fsp3) is 0.350. The molecule has 1 saturated heterocycles. The number of piperidine rings is 1. The molecule has 0 radical (unpaired) electrons. The molecule has 1 aliphatic heterocycles. The van der Waals surface area contributed by atoms with Gasteiger partial charge in [-0.2, -0.15) is 9.29 Å². The molecule has 31 heavy (non-hydrogen) atoms. The molecule has 2 aromatic heterocycles. The molecule has 0 saturated carbocycles. The number of carbonyl (C=O) groups excluding carboxylic acids is 1. The summed E-state index contributed by atoms with van der Waals surface area (Å²) in [5, 5.41) is 8.38. The van der Waals surface area contributed by atoms with Gasteiger partial charge < -0.3 is 14.6 Å². The Labute approximate surface area is 184 Å². The molecule has 1 fully saturated rings. The highest BCUT2D eigenvalue weighted by Gasteiger charge is 2.34. The molecule has 0 aliphatic carbocycles. The maximum atomic E-state index is 13.2. The first kappa shape index (κ1) is 21.5. The number of carbonyl (C=O) groups is 1. The van der Waals surface area contributed by atoms with Crippen LogP contribution in [0.25, 0.3) is 11.4 Å². The molecule has 0 spiro atoms. The number of sulfonamides is 1. The third-order valence-corrected chi connectivity index (χ3v) is 8.36. The lowest BCUT2D eigenvalue weighted by molar-refractivity contribution is -0.120. The van der Waals surface area contributed by atoms with Gasteiger partial charge in [0.1, 0.15) is 9.96 Å². The van der Waals surface area contributed by atoms with Crippen LogP contribution >= 0.6 is 11.3 Å². The Morgan fingerprint density at radius 1 is 1.35 bits per heavy atom. The van der Waals surface area contributed by atoms with Crippen LogP contribution in [0.4, 0.5) is 5.69 Å². The highest BCUT2D eigenvalue weighted by atomic mass is 32.2. The first-order valence-corrected chi connectivity index (χ1v) is 12.0. The number of ether oxygens (including phenoxy) is 1. The van der Waals surface area contributed by atoms with Gasteiger partial charge in [-0.3, -0.25) is 4.79 Å². The molecule has 1 atom stereocenters. The lowest BCUT2D eigenvalue weighted by Gasteiger charge is -2.30. The van der Waals surface area contributed by atoms with E-state index in [-0.39, 0.29) is 16.7 Å². The molecule has 11 heteroatoms. The van der Waals surface area contributed by atoms with Crippen LogP contribution in [-0.4, -0.2) is 49.0 Å². The summed E-state index contributed by atoms with van der Waals surface area (Å²) in [7, 11) is -2.20. The van der Waals surface area contributed by atoms with Crippen LogP contribution in [0.3, 0.4) is 0 Å². The SMILES string of the molecule is COc1ccccc1NC(=O)C1CCCN(S(=O)(=O)c2cc(-c3noc(C)n3)cs2)C1. The number of hydrogen-bond donors (Lipinski definition) is 1. The Hall–Kier alpha value is -2.76. The van der Waals surface area contributed by atoms with Crippen molar-refractivity contribution in [1.29, 1.82) is 0 Å². The van der Waals surface area contributed by atoms with Crippen molar-refractivity contribution in [3.63, 3.8) is 0 Å². The van der Waals surface area contributed by atoms with Gasteiger partial charge in [-0.15, -0.1) is 11.3 Å². The summed E-state index contributed by atoms with van der Waals surface area (Å²) < 4.78 is 38.2. The minimum absolute atomic E-state index is 0.123. The van der Waals surface area contributed by atoms with E-state index < -0.39 is 15.9 Å². The van der Waals surface area contributed by atoms with E-state index >= 15 is 0 Å². The molecule has 0 bridgehead atoms. The zero-order valence-corrected chi connectivity index (χ0v) is 18.7. The molecule has 1 aliphatic rings. The van der Waals surface area contributed by atoms with Gasteiger partial charge in [0, 0.05) is 31.0 Å². The van der Waals surface area contributed by atoms with E-state index in [0.29, 0.717) is 48.1 Å². The Bertz CT molecular complexity index is 1190. The second kappa shape index (κ2) is 8.77. The molecular formula is C20H22N4O5S2. The molecule has 1 amide bonds. The number of anilines is 1. The van der Waals surface area contributed by atoms with Crippen molar-refractivity contribution in [3.8, 4) is 17.1 Å². The predicted octanol–water partition coefficient (Wildman–Crippen LogP) is 3.15. The van der Waals surface area contributed by atoms with Gasteiger partial charge in [-0.05, 0) is 31.0 Å². The molecule has 1 unspecified atom stereocenters. The minimum Gasteiger partial charge on any atom is -0.495 e. The number of para-hydroxylation sites is 2. The van der Waals surface area contributed by atoms with Crippen molar-refractivity contribution in [2.75, 3.05) is 25.5 Å². The van der Waals surface area contributed by atoms with Crippen molar-refractivity contribution in [2.45, 2.75) is 24.0 Å². The summed E-state index contributed by atoms with van der Waals surface area (Å²) in [4.78, 5) is 17.0. The third kappa shape index (κ3) is 4.48. The second-order valence-electron chi connectivity index (χ2n) is 7.18. The summed E-state index contributed by atoms with van der Waals surface area (Å²) in [6, 6.07) is 8.67. The van der Waals surface area contributed by atoms with Gasteiger partial charge in [0.25, 0.3) is 10.0 Å². The molecule has 3 heterocycles. The standard InChI is InChI=1S/C20H22N4O5S2/c1-13-21-19(23-29-13)15-10-18(30-12-15)31(26,27)24-9-5-6-14(11-24)20(25)22-16-7-3-4-8-17(16)28-2/h3-4,7-8,10,12,14H,5-6,9,11H2,1-2H3,(H,22,25). The van der Waals surface area contributed by atoms with Gasteiger partial charge in [0.05, 0.1) is 18.7 Å². The molecule has 3 aromatic rings. The van der Waals surface area contributed by atoms with Crippen LogP contribution in [0.15, 0.2) is 44.4 Å². The van der Waals surface area contributed by atoms with Crippen molar-refractivity contribution in [2.24, 2.45) is 5.92 Å². The van der Waals surface area contributed by atoms with E-state index in [4.69, 9.17) is 9.26 Å². The van der Waals surface area contributed by atoms with Crippen LogP contribution in [0.1, 0.15) is 18.7 Å². The average Bonchev–Trinajstić information content (AvgIpc) is 3.44. The predicted molar refractivity (Wildman–Crippen MR) is 115 cm³/mol. The number of rotatable bonds is 6. The summed E-state index contributed by atoms with van der Waals surface area (Å²) >= 11 is 1.10. The van der Waals surface area contributed by atoms with Crippen LogP contribution < -0.4 is 10.1 Å². The van der Waals surface area contributed by atoms with Crippen molar-refractivity contribution in [3.05, 3.63) is 41.6 Å². The number of nitrogens with zero attached hydrogens (tertiary/aromatic N) is 3. The fourth-order valence-corrected chi connectivity index (χ4v) is 6.30. The number of aromatic nitrogens is 2. The maximum Gasteiger partial charge on any atom is 0.252 e. The monoisotopic (exact) mass is 462 g/mol. The Morgan fingerprint density at radius 2 is 2.16 bits per heavy atom. The summed E-state index contributed by atoms with van der Waals surface area (Å²) in [6.45, 7) is 2.16. The van der Waals surface area contributed by atoms with Gasteiger partial charge in [0.2, 0.25) is 17.6 Å². The normalized spacial score (nSPS) is 17.4. The molecule has 164 valence electrons. The van der Waals surface area contributed by atoms with Crippen LogP contribution in [0.2, 0.25) is 0 Å². The van der Waals surface area contributed by atoms with Gasteiger partial charge >= 0.3 is 0 Å². The Morgan fingerprint density at radius 3 is 2.90 bits per heavy atom. The maximum absolute atomic E-state index is 13.2. The Balaban J connectivity index is 1.48. The molecule has 1 N–H and O–H groups in total. The summed E-state index contributed by atoms with van der Waals surface area (Å²) in [5.74, 6) is 0.638. The van der Waals surface area contributed by atoms with Crippen molar-refractivity contribution < 1.29 is 22.5 Å². The minimum atomic E-state index is -3.73. The topological polar surface area (TPSA) is 115 Å². The number of benzene rings is 1. The smallest absolute Gasteiger partial charge is 0.252 e.